The average Bonchev–Trinajstić information content (AvgIpc) is 2.26. The van der Waals surface area contributed by atoms with Gasteiger partial charge in [-0.05, 0) is 49.9 Å². The first-order chi connectivity index (χ1) is 7.91. The lowest BCUT2D eigenvalue weighted by molar-refractivity contribution is 0.0695. The molecule has 0 aliphatic rings. The highest BCUT2D eigenvalue weighted by atomic mass is 16.5. The zero-order valence-electron chi connectivity index (χ0n) is 10.8. The van der Waals surface area contributed by atoms with Crippen LogP contribution in [0.5, 0.6) is 5.75 Å². The highest BCUT2D eigenvalue weighted by molar-refractivity contribution is 5.92. The van der Waals surface area contributed by atoms with Crippen LogP contribution in [0.15, 0.2) is 12.7 Å². The largest absolute Gasteiger partial charge is 0.489 e. The predicted octanol–water partition coefficient (Wildman–Crippen LogP) is 3.18. The van der Waals surface area contributed by atoms with Crippen molar-refractivity contribution in [2.24, 2.45) is 0 Å². The van der Waals surface area contributed by atoms with E-state index >= 15 is 0 Å². The highest BCUT2D eigenvalue weighted by Crippen LogP contribution is 2.32. The molecule has 1 aromatic carbocycles. The summed E-state index contributed by atoms with van der Waals surface area (Å²) >= 11 is 0. The first-order valence-electron chi connectivity index (χ1n) is 5.49. The number of carboxylic acid groups (broad SMARTS) is 1. The van der Waals surface area contributed by atoms with Gasteiger partial charge in [0.05, 0.1) is 5.56 Å². The van der Waals surface area contributed by atoms with Crippen molar-refractivity contribution in [3.05, 3.63) is 40.5 Å². The molecule has 0 saturated carbocycles. The van der Waals surface area contributed by atoms with Crippen LogP contribution < -0.4 is 4.74 Å². The zero-order valence-corrected chi connectivity index (χ0v) is 10.8. The Morgan fingerprint density at radius 2 is 1.65 bits per heavy atom. The summed E-state index contributed by atoms with van der Waals surface area (Å²) in [5.41, 5.74) is 3.67. The van der Waals surface area contributed by atoms with E-state index < -0.39 is 5.97 Å². The molecule has 17 heavy (non-hydrogen) atoms. The molecular formula is C14H18O3. The third kappa shape index (κ3) is 2.33. The van der Waals surface area contributed by atoms with Crippen LogP contribution in [0.4, 0.5) is 0 Å². The van der Waals surface area contributed by atoms with Crippen molar-refractivity contribution in [3.8, 4) is 5.75 Å². The molecule has 0 heterocycles. The van der Waals surface area contributed by atoms with Crippen molar-refractivity contribution in [1.82, 2.24) is 0 Å². The fourth-order valence-corrected chi connectivity index (χ4v) is 1.96. The molecule has 1 rings (SSSR count). The van der Waals surface area contributed by atoms with Crippen LogP contribution in [0.2, 0.25) is 0 Å². The average molecular weight is 234 g/mol. The van der Waals surface area contributed by atoms with E-state index in [9.17, 15) is 9.90 Å². The van der Waals surface area contributed by atoms with Gasteiger partial charge in [0, 0.05) is 0 Å². The number of hydrogen-bond donors (Lipinski definition) is 1. The number of ether oxygens (including phenoxy) is 1. The minimum Gasteiger partial charge on any atom is -0.489 e. The Labute approximate surface area is 102 Å². The molecule has 3 heteroatoms. The summed E-state index contributed by atoms with van der Waals surface area (Å²) < 4.78 is 5.60. The van der Waals surface area contributed by atoms with Crippen LogP contribution in [0.1, 0.15) is 32.6 Å². The first kappa shape index (κ1) is 13.3. The Morgan fingerprint density at radius 1 is 1.18 bits per heavy atom. The van der Waals surface area contributed by atoms with Gasteiger partial charge in [0.15, 0.2) is 0 Å². The number of carboxylic acids is 1. The Bertz CT molecular complexity index is 444. The molecular weight excluding hydrogens is 216 g/mol. The van der Waals surface area contributed by atoms with Gasteiger partial charge in [-0.1, -0.05) is 12.7 Å². The molecule has 0 amide bonds. The van der Waals surface area contributed by atoms with Crippen molar-refractivity contribution < 1.29 is 14.6 Å². The van der Waals surface area contributed by atoms with Crippen molar-refractivity contribution in [2.45, 2.75) is 27.7 Å². The van der Waals surface area contributed by atoms with Gasteiger partial charge in [0.2, 0.25) is 0 Å². The smallest absolute Gasteiger partial charge is 0.336 e. The van der Waals surface area contributed by atoms with Crippen molar-refractivity contribution in [3.63, 3.8) is 0 Å². The van der Waals surface area contributed by atoms with E-state index in [1.807, 2.05) is 27.7 Å². The fourth-order valence-electron chi connectivity index (χ4n) is 1.96. The van der Waals surface area contributed by atoms with E-state index in [4.69, 9.17) is 4.74 Å². The lowest BCUT2D eigenvalue weighted by Crippen LogP contribution is -2.09. The molecule has 0 bridgehead atoms. The molecule has 0 aliphatic heterocycles. The SMILES string of the molecule is C=CCOc1c(C)c(C)c(C(=O)O)c(C)c1C. The summed E-state index contributed by atoms with van der Waals surface area (Å²) in [6.45, 7) is 11.4. The van der Waals surface area contributed by atoms with Gasteiger partial charge in [0.1, 0.15) is 12.4 Å². The molecule has 0 atom stereocenters. The number of carbonyl (C=O) groups is 1. The Kier molecular flexibility index (Phi) is 3.94. The molecule has 1 N–H and O–H groups in total. The van der Waals surface area contributed by atoms with Crippen LogP contribution in [0, 0.1) is 27.7 Å². The molecule has 0 aromatic heterocycles. The van der Waals surface area contributed by atoms with Crippen LogP contribution in [0.3, 0.4) is 0 Å². The van der Waals surface area contributed by atoms with Gasteiger partial charge in [-0.3, -0.25) is 0 Å². The minimum absolute atomic E-state index is 0.381. The zero-order chi connectivity index (χ0) is 13.2. The Balaban J connectivity index is 3.46. The van der Waals surface area contributed by atoms with Crippen molar-refractivity contribution >= 4 is 5.97 Å². The maximum absolute atomic E-state index is 11.2. The summed E-state index contributed by atoms with van der Waals surface area (Å²) in [5.74, 6) is -0.119. The van der Waals surface area contributed by atoms with E-state index in [1.54, 1.807) is 6.08 Å². The monoisotopic (exact) mass is 234 g/mol. The second-order valence-electron chi connectivity index (χ2n) is 4.11. The first-order valence-corrected chi connectivity index (χ1v) is 5.49. The van der Waals surface area contributed by atoms with Crippen LogP contribution >= 0.6 is 0 Å². The lowest BCUT2D eigenvalue weighted by atomic mass is 9.93. The summed E-state index contributed by atoms with van der Waals surface area (Å²) in [6.07, 6.45) is 1.68. The number of rotatable bonds is 4. The van der Waals surface area contributed by atoms with Gasteiger partial charge in [-0.25, -0.2) is 4.79 Å². The number of hydrogen-bond acceptors (Lipinski definition) is 2. The van der Waals surface area contributed by atoms with Crippen LogP contribution in [-0.2, 0) is 0 Å². The minimum atomic E-state index is -0.888. The highest BCUT2D eigenvalue weighted by Gasteiger charge is 2.19. The molecule has 3 nitrogen and oxygen atoms in total. The van der Waals surface area contributed by atoms with Crippen molar-refractivity contribution in [2.75, 3.05) is 6.61 Å². The van der Waals surface area contributed by atoms with Crippen LogP contribution in [-0.4, -0.2) is 17.7 Å². The van der Waals surface area contributed by atoms with Crippen molar-refractivity contribution in [1.29, 1.82) is 0 Å². The van der Waals surface area contributed by atoms with E-state index in [1.165, 1.54) is 0 Å². The van der Waals surface area contributed by atoms with Gasteiger partial charge >= 0.3 is 5.97 Å². The normalized spacial score (nSPS) is 10.1. The molecule has 92 valence electrons. The van der Waals surface area contributed by atoms with Gasteiger partial charge in [0.25, 0.3) is 0 Å². The molecule has 0 unspecified atom stereocenters. The lowest BCUT2D eigenvalue weighted by Gasteiger charge is -2.18. The second kappa shape index (κ2) is 5.04. The standard InChI is InChI=1S/C14H18O3/c1-6-7-17-13-10(4)8(2)12(14(15)16)9(3)11(13)5/h6H,1,7H2,2-5H3,(H,15,16). The quantitative estimate of drug-likeness (QED) is 0.814. The van der Waals surface area contributed by atoms with E-state index in [2.05, 4.69) is 6.58 Å². The summed E-state index contributed by atoms with van der Waals surface area (Å²) in [6, 6.07) is 0. The van der Waals surface area contributed by atoms with E-state index in [-0.39, 0.29) is 0 Å². The summed E-state index contributed by atoms with van der Waals surface area (Å²) in [7, 11) is 0. The Morgan fingerprint density at radius 3 is 2.00 bits per heavy atom. The van der Waals surface area contributed by atoms with E-state index in [0.717, 1.165) is 28.0 Å². The number of benzene rings is 1. The second-order valence-corrected chi connectivity index (χ2v) is 4.11. The molecule has 0 fully saturated rings. The topological polar surface area (TPSA) is 46.5 Å². The van der Waals surface area contributed by atoms with Gasteiger partial charge in [-0.15, -0.1) is 0 Å². The maximum Gasteiger partial charge on any atom is 0.336 e. The third-order valence-electron chi connectivity index (χ3n) is 3.12. The summed E-state index contributed by atoms with van der Waals surface area (Å²) in [5, 5.41) is 9.21. The molecule has 0 aliphatic carbocycles. The fraction of sp³-hybridized carbons (Fsp3) is 0.357. The maximum atomic E-state index is 11.2. The van der Waals surface area contributed by atoms with Gasteiger partial charge < -0.3 is 9.84 Å². The molecule has 0 radical (unpaired) electrons. The molecule has 0 spiro atoms. The predicted molar refractivity (Wildman–Crippen MR) is 68.0 cm³/mol. The summed E-state index contributed by atoms with van der Waals surface area (Å²) in [4.78, 5) is 11.2. The third-order valence-corrected chi connectivity index (χ3v) is 3.12. The number of aromatic carboxylic acids is 1. The van der Waals surface area contributed by atoms with Gasteiger partial charge in [-0.2, -0.15) is 0 Å². The molecule has 0 saturated heterocycles. The van der Waals surface area contributed by atoms with Crippen LogP contribution in [0.25, 0.3) is 0 Å². The van der Waals surface area contributed by atoms with E-state index in [0.29, 0.717) is 12.2 Å². The Hall–Kier alpha value is -1.77. The molecule has 1 aromatic rings.